The molecule has 0 atom stereocenters. The standard InChI is InChI=1S/C16H15Cl2N3O3S2/c17-10-5-6-12(11(18)9-10)24-7-1-4-14(22)20-21-16(25)19-15(23)13-3-2-8-26-13/h2-3,5-6,8-9H,1,4,7H2,(H,20,22)(H2,19,21,23,25). The predicted molar refractivity (Wildman–Crippen MR) is 107 cm³/mol. The number of thiocarbonyl (C=S) groups is 1. The zero-order valence-electron chi connectivity index (χ0n) is 13.4. The number of carbonyl (C=O) groups is 2. The van der Waals surface area contributed by atoms with Gasteiger partial charge in [-0.1, -0.05) is 29.3 Å². The van der Waals surface area contributed by atoms with Crippen molar-refractivity contribution < 1.29 is 14.3 Å². The summed E-state index contributed by atoms with van der Waals surface area (Å²) in [5, 5.41) is 5.20. The molecule has 1 heterocycles. The van der Waals surface area contributed by atoms with Crippen LogP contribution in [-0.2, 0) is 4.79 Å². The Morgan fingerprint density at radius 3 is 2.69 bits per heavy atom. The van der Waals surface area contributed by atoms with Gasteiger partial charge in [-0.2, -0.15) is 0 Å². The number of hydrogen-bond acceptors (Lipinski definition) is 5. The third-order valence-corrected chi connectivity index (χ3v) is 4.59. The highest BCUT2D eigenvalue weighted by atomic mass is 35.5. The van der Waals surface area contributed by atoms with Crippen LogP contribution in [0.4, 0.5) is 0 Å². The lowest BCUT2D eigenvalue weighted by Crippen LogP contribution is -2.48. The lowest BCUT2D eigenvalue weighted by atomic mass is 10.3. The van der Waals surface area contributed by atoms with E-state index in [9.17, 15) is 9.59 Å². The number of rotatable bonds is 6. The SMILES string of the molecule is O=C(CCCOc1ccc(Cl)cc1Cl)NNC(=S)NC(=O)c1cccs1. The van der Waals surface area contributed by atoms with Gasteiger partial charge in [-0.15, -0.1) is 11.3 Å². The van der Waals surface area contributed by atoms with Crippen LogP contribution in [0.25, 0.3) is 0 Å². The maximum atomic E-state index is 11.8. The Labute approximate surface area is 169 Å². The Morgan fingerprint density at radius 1 is 1.19 bits per heavy atom. The minimum Gasteiger partial charge on any atom is -0.492 e. The number of benzene rings is 1. The number of hydrogen-bond donors (Lipinski definition) is 3. The highest BCUT2D eigenvalue weighted by Crippen LogP contribution is 2.27. The molecule has 138 valence electrons. The average Bonchev–Trinajstić information content (AvgIpc) is 3.13. The molecule has 0 saturated carbocycles. The van der Waals surface area contributed by atoms with Gasteiger partial charge in [0.2, 0.25) is 5.91 Å². The molecule has 1 aromatic heterocycles. The van der Waals surface area contributed by atoms with Gasteiger partial charge in [-0.05, 0) is 48.3 Å². The number of thiophene rings is 1. The van der Waals surface area contributed by atoms with Crippen LogP contribution in [0.5, 0.6) is 5.75 Å². The van der Waals surface area contributed by atoms with Crippen LogP contribution in [0.1, 0.15) is 22.5 Å². The molecule has 3 N–H and O–H groups in total. The van der Waals surface area contributed by atoms with Crippen molar-refractivity contribution in [1.82, 2.24) is 16.2 Å². The minimum atomic E-state index is -0.333. The summed E-state index contributed by atoms with van der Waals surface area (Å²) in [6.07, 6.45) is 0.681. The quantitative estimate of drug-likeness (QED) is 0.370. The van der Waals surface area contributed by atoms with Crippen LogP contribution in [0, 0.1) is 0 Å². The largest absolute Gasteiger partial charge is 0.492 e. The van der Waals surface area contributed by atoms with Crippen molar-refractivity contribution in [3.8, 4) is 5.75 Å². The zero-order valence-corrected chi connectivity index (χ0v) is 16.5. The first-order valence-corrected chi connectivity index (χ1v) is 9.51. The van der Waals surface area contributed by atoms with E-state index in [-0.39, 0.29) is 23.3 Å². The Hall–Kier alpha value is -1.87. The molecule has 0 fully saturated rings. The van der Waals surface area contributed by atoms with E-state index < -0.39 is 0 Å². The molecule has 0 aliphatic heterocycles. The van der Waals surface area contributed by atoms with Gasteiger partial charge in [0.05, 0.1) is 16.5 Å². The van der Waals surface area contributed by atoms with Gasteiger partial charge in [-0.25, -0.2) is 0 Å². The Kier molecular flexibility index (Phi) is 8.11. The number of hydrazine groups is 1. The second-order valence-corrected chi connectivity index (χ2v) is 7.16. The summed E-state index contributed by atoms with van der Waals surface area (Å²) >= 11 is 18.0. The van der Waals surface area contributed by atoms with Gasteiger partial charge >= 0.3 is 0 Å². The van der Waals surface area contributed by atoms with Crippen LogP contribution in [0.2, 0.25) is 10.0 Å². The second kappa shape index (κ2) is 10.3. The van der Waals surface area contributed by atoms with E-state index in [4.69, 9.17) is 40.2 Å². The highest BCUT2D eigenvalue weighted by Gasteiger charge is 2.09. The Balaban J connectivity index is 1.61. The monoisotopic (exact) mass is 431 g/mol. The number of ether oxygens (including phenoxy) is 1. The van der Waals surface area contributed by atoms with Crippen molar-refractivity contribution in [2.45, 2.75) is 12.8 Å². The normalized spacial score (nSPS) is 10.1. The Bertz CT molecular complexity index is 785. The van der Waals surface area contributed by atoms with Crippen molar-refractivity contribution in [2.24, 2.45) is 0 Å². The van der Waals surface area contributed by atoms with Crippen LogP contribution in [0.3, 0.4) is 0 Å². The molecular formula is C16H15Cl2N3O3S2. The maximum absolute atomic E-state index is 11.8. The van der Waals surface area contributed by atoms with E-state index in [1.165, 1.54) is 11.3 Å². The van der Waals surface area contributed by atoms with Crippen molar-refractivity contribution in [3.05, 3.63) is 50.6 Å². The first kappa shape index (κ1) is 20.4. The first-order chi connectivity index (χ1) is 12.5. The Morgan fingerprint density at radius 2 is 2.00 bits per heavy atom. The summed E-state index contributed by atoms with van der Waals surface area (Å²) in [4.78, 5) is 24.0. The third-order valence-electron chi connectivity index (χ3n) is 2.99. The van der Waals surface area contributed by atoms with Crippen LogP contribution >= 0.6 is 46.8 Å². The molecule has 0 unspecified atom stereocenters. The minimum absolute atomic E-state index is 0.0148. The van der Waals surface area contributed by atoms with E-state index in [0.29, 0.717) is 33.7 Å². The predicted octanol–water partition coefficient (Wildman–Crippen LogP) is 3.55. The summed E-state index contributed by atoms with van der Waals surface area (Å²) in [5.41, 5.74) is 4.89. The molecule has 2 aromatic rings. The lowest BCUT2D eigenvalue weighted by molar-refractivity contribution is -0.121. The summed E-state index contributed by atoms with van der Waals surface area (Å²) in [6, 6.07) is 8.36. The fourth-order valence-electron chi connectivity index (χ4n) is 1.80. The molecule has 0 spiro atoms. The van der Waals surface area contributed by atoms with E-state index in [1.54, 1.807) is 35.7 Å². The van der Waals surface area contributed by atoms with E-state index >= 15 is 0 Å². The van der Waals surface area contributed by atoms with Crippen molar-refractivity contribution in [3.63, 3.8) is 0 Å². The molecule has 0 aliphatic carbocycles. The molecule has 10 heteroatoms. The van der Waals surface area contributed by atoms with Crippen molar-refractivity contribution in [1.29, 1.82) is 0 Å². The molecule has 2 amide bonds. The van der Waals surface area contributed by atoms with Gasteiger partial charge in [0.1, 0.15) is 5.75 Å². The van der Waals surface area contributed by atoms with Crippen molar-refractivity contribution >= 4 is 63.7 Å². The number of nitrogens with one attached hydrogen (secondary N) is 3. The smallest absolute Gasteiger partial charge is 0.267 e. The molecule has 1 aromatic carbocycles. The van der Waals surface area contributed by atoms with Gasteiger partial charge in [0.25, 0.3) is 5.91 Å². The molecule has 0 radical (unpaired) electrons. The lowest BCUT2D eigenvalue weighted by Gasteiger charge is -2.11. The van der Waals surface area contributed by atoms with Crippen LogP contribution < -0.4 is 20.9 Å². The van der Waals surface area contributed by atoms with Gasteiger partial charge in [0.15, 0.2) is 5.11 Å². The average molecular weight is 432 g/mol. The van der Waals surface area contributed by atoms with E-state index in [0.717, 1.165) is 0 Å². The molecule has 0 bridgehead atoms. The fourth-order valence-corrected chi connectivity index (χ4v) is 3.03. The number of halogens is 2. The van der Waals surface area contributed by atoms with E-state index in [2.05, 4.69) is 16.2 Å². The van der Waals surface area contributed by atoms with Gasteiger partial charge < -0.3 is 4.74 Å². The van der Waals surface area contributed by atoms with Crippen LogP contribution in [-0.4, -0.2) is 23.5 Å². The second-order valence-electron chi connectivity index (χ2n) is 4.96. The zero-order chi connectivity index (χ0) is 18.9. The molecule has 0 aliphatic rings. The molecular weight excluding hydrogens is 417 g/mol. The molecule has 2 rings (SSSR count). The molecule has 26 heavy (non-hydrogen) atoms. The summed E-state index contributed by atoms with van der Waals surface area (Å²) in [7, 11) is 0. The number of amides is 2. The van der Waals surface area contributed by atoms with Crippen LogP contribution in [0.15, 0.2) is 35.7 Å². The van der Waals surface area contributed by atoms with E-state index in [1.807, 2.05) is 0 Å². The number of carbonyl (C=O) groups excluding carboxylic acids is 2. The third kappa shape index (κ3) is 6.80. The van der Waals surface area contributed by atoms with Crippen molar-refractivity contribution in [2.75, 3.05) is 6.61 Å². The topological polar surface area (TPSA) is 79.5 Å². The fraction of sp³-hybridized carbons (Fsp3) is 0.188. The summed E-state index contributed by atoms with van der Waals surface area (Å²) in [6.45, 7) is 0.314. The molecule has 0 saturated heterocycles. The summed E-state index contributed by atoms with van der Waals surface area (Å²) in [5.74, 6) is -0.115. The van der Waals surface area contributed by atoms with Gasteiger partial charge in [-0.3, -0.25) is 25.8 Å². The molecule has 6 nitrogen and oxygen atoms in total. The highest BCUT2D eigenvalue weighted by molar-refractivity contribution is 7.80. The van der Waals surface area contributed by atoms with Gasteiger partial charge in [0, 0.05) is 11.4 Å². The maximum Gasteiger partial charge on any atom is 0.267 e. The first-order valence-electron chi connectivity index (χ1n) is 7.47. The summed E-state index contributed by atoms with van der Waals surface area (Å²) < 4.78 is 5.49.